The Morgan fingerprint density at radius 2 is 1.73 bits per heavy atom. The first kappa shape index (κ1) is 22.2. The number of benzene rings is 3. The van der Waals surface area contributed by atoms with Gasteiger partial charge in [-0.05, 0) is 42.0 Å². The fraction of sp³-hybridized carbons (Fsp3) is 0.125. The average molecular weight is 465 g/mol. The molecule has 4 rings (SSSR count). The second kappa shape index (κ2) is 10.1. The molecule has 1 aromatic heterocycles. The summed E-state index contributed by atoms with van der Waals surface area (Å²) < 4.78 is 16.5. The van der Waals surface area contributed by atoms with Crippen molar-refractivity contribution in [3.63, 3.8) is 0 Å². The van der Waals surface area contributed by atoms with Crippen LogP contribution in [-0.4, -0.2) is 30.4 Å². The van der Waals surface area contributed by atoms with E-state index >= 15 is 0 Å². The SMILES string of the molecule is COc1ccc(NC(=O)N[C@@H](c2ccc(Cl)cc2)c2nnc(-c3ccccc3)o2)c(OC)c1. The molecule has 0 saturated carbocycles. The minimum absolute atomic E-state index is 0.230. The molecule has 9 heteroatoms. The fourth-order valence-corrected chi connectivity index (χ4v) is 3.31. The van der Waals surface area contributed by atoms with Crippen LogP contribution in [0.2, 0.25) is 5.02 Å². The summed E-state index contributed by atoms with van der Waals surface area (Å²) in [6.45, 7) is 0. The molecular weight excluding hydrogens is 444 g/mol. The van der Waals surface area contributed by atoms with Crippen molar-refractivity contribution in [2.24, 2.45) is 0 Å². The Hall–Kier alpha value is -4.04. The Bertz CT molecular complexity index is 1230. The molecule has 0 spiro atoms. The van der Waals surface area contributed by atoms with Crippen molar-refractivity contribution in [3.05, 3.63) is 89.3 Å². The van der Waals surface area contributed by atoms with E-state index in [4.69, 9.17) is 25.5 Å². The fourth-order valence-electron chi connectivity index (χ4n) is 3.18. The standard InChI is InChI=1S/C24H21ClN4O4/c1-31-18-12-13-19(20(14-18)32-2)26-24(30)27-21(15-8-10-17(25)11-9-15)23-29-28-22(33-23)16-6-4-3-5-7-16/h3-14,21H,1-2H3,(H2,26,27,30)/t21-/m0/s1. The van der Waals surface area contributed by atoms with Crippen LogP contribution in [0, 0.1) is 0 Å². The molecule has 1 atom stereocenters. The molecule has 168 valence electrons. The number of nitrogens with zero attached hydrogens (tertiary/aromatic N) is 2. The second-order valence-corrected chi connectivity index (χ2v) is 7.40. The van der Waals surface area contributed by atoms with Crippen molar-refractivity contribution in [1.82, 2.24) is 15.5 Å². The largest absolute Gasteiger partial charge is 0.497 e. The minimum Gasteiger partial charge on any atom is -0.497 e. The van der Waals surface area contributed by atoms with Crippen molar-refractivity contribution in [2.75, 3.05) is 19.5 Å². The molecule has 1 heterocycles. The molecule has 0 aliphatic rings. The molecule has 0 saturated heterocycles. The molecule has 2 amide bonds. The molecular formula is C24H21ClN4O4. The van der Waals surface area contributed by atoms with Crippen molar-refractivity contribution < 1.29 is 18.7 Å². The Balaban J connectivity index is 1.60. The van der Waals surface area contributed by atoms with E-state index in [1.165, 1.54) is 7.11 Å². The summed E-state index contributed by atoms with van der Waals surface area (Å²) in [4.78, 5) is 12.9. The van der Waals surface area contributed by atoms with Gasteiger partial charge < -0.3 is 24.5 Å². The summed E-state index contributed by atoms with van der Waals surface area (Å²) in [6.07, 6.45) is 0. The summed E-state index contributed by atoms with van der Waals surface area (Å²) in [6, 6.07) is 20.3. The van der Waals surface area contributed by atoms with Gasteiger partial charge in [-0.1, -0.05) is 41.9 Å². The molecule has 0 unspecified atom stereocenters. The van der Waals surface area contributed by atoms with Gasteiger partial charge in [0.15, 0.2) is 0 Å². The Morgan fingerprint density at radius 3 is 2.42 bits per heavy atom. The molecule has 0 radical (unpaired) electrons. The summed E-state index contributed by atoms with van der Waals surface area (Å²) in [7, 11) is 3.07. The van der Waals surface area contributed by atoms with E-state index < -0.39 is 12.1 Å². The van der Waals surface area contributed by atoms with E-state index in [2.05, 4.69) is 20.8 Å². The van der Waals surface area contributed by atoms with Crippen molar-refractivity contribution in [3.8, 4) is 23.0 Å². The number of ether oxygens (including phenoxy) is 2. The number of methoxy groups -OCH3 is 2. The first-order valence-electron chi connectivity index (χ1n) is 10.0. The highest BCUT2D eigenvalue weighted by Crippen LogP contribution is 2.30. The molecule has 4 aromatic rings. The van der Waals surface area contributed by atoms with Gasteiger partial charge >= 0.3 is 6.03 Å². The van der Waals surface area contributed by atoms with Gasteiger partial charge in [0.1, 0.15) is 17.5 Å². The van der Waals surface area contributed by atoms with E-state index in [1.807, 2.05) is 30.3 Å². The van der Waals surface area contributed by atoms with Crippen LogP contribution in [0.1, 0.15) is 17.5 Å². The van der Waals surface area contributed by atoms with Gasteiger partial charge in [0.05, 0.1) is 19.9 Å². The lowest BCUT2D eigenvalue weighted by atomic mass is 10.1. The van der Waals surface area contributed by atoms with Crippen LogP contribution in [0.3, 0.4) is 0 Å². The zero-order valence-corrected chi connectivity index (χ0v) is 18.7. The number of halogens is 1. The van der Waals surface area contributed by atoms with Crippen LogP contribution >= 0.6 is 11.6 Å². The summed E-state index contributed by atoms with van der Waals surface area (Å²) >= 11 is 6.04. The highest BCUT2D eigenvalue weighted by Gasteiger charge is 2.24. The van der Waals surface area contributed by atoms with Gasteiger partial charge in [0.25, 0.3) is 0 Å². The van der Waals surface area contributed by atoms with Crippen LogP contribution in [-0.2, 0) is 0 Å². The van der Waals surface area contributed by atoms with Crippen molar-refractivity contribution >= 4 is 23.3 Å². The van der Waals surface area contributed by atoms with E-state index in [0.29, 0.717) is 28.1 Å². The lowest BCUT2D eigenvalue weighted by Crippen LogP contribution is -2.33. The maximum Gasteiger partial charge on any atom is 0.320 e. The first-order chi connectivity index (χ1) is 16.1. The van der Waals surface area contributed by atoms with E-state index in [9.17, 15) is 4.79 Å². The Morgan fingerprint density at radius 1 is 0.970 bits per heavy atom. The smallest absolute Gasteiger partial charge is 0.320 e. The normalized spacial score (nSPS) is 11.5. The number of rotatable bonds is 7. The zero-order valence-electron chi connectivity index (χ0n) is 17.9. The maximum absolute atomic E-state index is 12.9. The molecule has 0 aliphatic heterocycles. The number of nitrogens with one attached hydrogen (secondary N) is 2. The zero-order chi connectivity index (χ0) is 23.2. The van der Waals surface area contributed by atoms with Gasteiger partial charge in [0, 0.05) is 16.7 Å². The molecule has 0 aliphatic carbocycles. The Labute approximate surface area is 195 Å². The van der Waals surface area contributed by atoms with Crippen LogP contribution in [0.4, 0.5) is 10.5 Å². The lowest BCUT2D eigenvalue weighted by molar-refractivity contribution is 0.248. The second-order valence-electron chi connectivity index (χ2n) is 6.96. The van der Waals surface area contributed by atoms with Gasteiger partial charge in [-0.2, -0.15) is 0 Å². The number of aromatic nitrogens is 2. The van der Waals surface area contributed by atoms with Crippen LogP contribution in [0.5, 0.6) is 11.5 Å². The number of urea groups is 1. The third kappa shape index (κ3) is 5.24. The minimum atomic E-state index is -0.712. The summed E-state index contributed by atoms with van der Waals surface area (Å²) in [5.74, 6) is 1.64. The van der Waals surface area contributed by atoms with Gasteiger partial charge in [0.2, 0.25) is 11.8 Å². The number of hydrogen-bond acceptors (Lipinski definition) is 6. The van der Waals surface area contributed by atoms with Gasteiger partial charge in [-0.15, -0.1) is 10.2 Å². The average Bonchev–Trinajstić information content (AvgIpc) is 3.34. The number of hydrogen-bond donors (Lipinski definition) is 2. The number of anilines is 1. The van der Waals surface area contributed by atoms with Crippen LogP contribution < -0.4 is 20.1 Å². The van der Waals surface area contributed by atoms with Crippen molar-refractivity contribution in [2.45, 2.75) is 6.04 Å². The van der Waals surface area contributed by atoms with E-state index in [-0.39, 0.29) is 5.89 Å². The van der Waals surface area contributed by atoms with Crippen molar-refractivity contribution in [1.29, 1.82) is 0 Å². The van der Waals surface area contributed by atoms with Gasteiger partial charge in [-0.3, -0.25) is 0 Å². The molecule has 8 nitrogen and oxygen atoms in total. The Kier molecular flexibility index (Phi) is 6.75. The van der Waals surface area contributed by atoms with E-state index in [0.717, 1.165) is 11.1 Å². The number of carbonyl (C=O) groups excluding carboxylic acids is 1. The highest BCUT2D eigenvalue weighted by atomic mass is 35.5. The molecule has 33 heavy (non-hydrogen) atoms. The molecule has 0 bridgehead atoms. The predicted octanol–water partition coefficient (Wildman–Crippen LogP) is 5.32. The van der Waals surface area contributed by atoms with E-state index in [1.54, 1.807) is 49.6 Å². The maximum atomic E-state index is 12.9. The molecule has 2 N–H and O–H groups in total. The molecule has 0 fully saturated rings. The monoisotopic (exact) mass is 464 g/mol. The van der Waals surface area contributed by atoms with Crippen LogP contribution in [0.15, 0.2) is 77.2 Å². The topological polar surface area (TPSA) is 98.5 Å². The lowest BCUT2D eigenvalue weighted by Gasteiger charge is -2.17. The number of carbonyl (C=O) groups is 1. The predicted molar refractivity (Wildman–Crippen MR) is 125 cm³/mol. The van der Waals surface area contributed by atoms with Crippen LogP contribution in [0.25, 0.3) is 11.5 Å². The number of amides is 2. The third-order valence-electron chi connectivity index (χ3n) is 4.84. The first-order valence-corrected chi connectivity index (χ1v) is 10.4. The van der Waals surface area contributed by atoms with Gasteiger partial charge in [-0.25, -0.2) is 4.79 Å². The molecule has 3 aromatic carbocycles. The quantitative estimate of drug-likeness (QED) is 0.384. The summed E-state index contributed by atoms with van der Waals surface area (Å²) in [5, 5.41) is 14.6. The third-order valence-corrected chi connectivity index (χ3v) is 5.10. The highest BCUT2D eigenvalue weighted by molar-refractivity contribution is 6.30. The summed E-state index contributed by atoms with van der Waals surface area (Å²) in [5.41, 5.74) is 1.97.